The summed E-state index contributed by atoms with van der Waals surface area (Å²) in [7, 11) is 1.27. The third-order valence-electron chi connectivity index (χ3n) is 2.14. The third-order valence-corrected chi connectivity index (χ3v) is 2.74. The molecule has 0 aliphatic carbocycles. The Balaban J connectivity index is 3.10. The van der Waals surface area contributed by atoms with Gasteiger partial charge in [0.1, 0.15) is 16.7 Å². The number of H-pyrrole nitrogens is 1. The van der Waals surface area contributed by atoms with Crippen LogP contribution in [0.4, 0.5) is 5.69 Å². The summed E-state index contributed by atoms with van der Waals surface area (Å²) in [5.41, 5.74) is -0.230. The second-order valence-corrected chi connectivity index (χ2v) is 4.03. The quantitative estimate of drug-likeness (QED) is 0.776. The van der Waals surface area contributed by atoms with Crippen molar-refractivity contribution in [3.8, 4) is 5.75 Å². The molecule has 0 fully saturated rings. The fourth-order valence-corrected chi connectivity index (χ4v) is 2.16. The van der Waals surface area contributed by atoms with Crippen molar-refractivity contribution in [2.45, 2.75) is 0 Å². The van der Waals surface area contributed by atoms with Gasteiger partial charge in [-0.25, -0.2) is 4.98 Å². The summed E-state index contributed by atoms with van der Waals surface area (Å²) >= 11 is 3.12. The van der Waals surface area contributed by atoms with E-state index in [1.165, 1.54) is 19.4 Å². The van der Waals surface area contributed by atoms with Gasteiger partial charge in [0.05, 0.1) is 10.8 Å². The number of halogens is 1. The van der Waals surface area contributed by atoms with Crippen molar-refractivity contribution in [3.05, 3.63) is 32.1 Å². The number of nitroso groups, excluding NO2 is 1. The summed E-state index contributed by atoms with van der Waals surface area (Å²) in [4.78, 5) is 29.2. The summed E-state index contributed by atoms with van der Waals surface area (Å²) in [5, 5.41) is 9.68. The van der Waals surface area contributed by atoms with Crippen molar-refractivity contribution in [3.63, 3.8) is 0 Å². The highest BCUT2D eigenvalue weighted by molar-refractivity contribution is 9.10. The van der Waals surface area contributed by atoms with Gasteiger partial charge in [-0.05, 0) is 15.9 Å². The van der Waals surface area contributed by atoms with Gasteiger partial charge in [-0.3, -0.25) is 4.79 Å². The zero-order chi connectivity index (χ0) is 11.9. The second-order valence-electron chi connectivity index (χ2n) is 3.18. The summed E-state index contributed by atoms with van der Waals surface area (Å²) in [6.07, 6.45) is 1.17. The molecule has 0 saturated carbocycles. The summed E-state index contributed by atoms with van der Waals surface area (Å²) < 4.78 is 0.886. The first-order valence-electron chi connectivity index (χ1n) is 4.32. The molecule has 16 heavy (non-hydrogen) atoms. The Bertz CT molecular complexity index is 650. The van der Waals surface area contributed by atoms with Crippen LogP contribution in [-0.4, -0.2) is 26.9 Å². The minimum atomic E-state index is -0.473. The van der Waals surface area contributed by atoms with Gasteiger partial charge in [-0.2, -0.15) is 0 Å². The van der Waals surface area contributed by atoms with Gasteiger partial charge in [0.25, 0.3) is 11.2 Å². The molecule has 0 amide bonds. The van der Waals surface area contributed by atoms with Crippen LogP contribution in [0.3, 0.4) is 0 Å². The summed E-state index contributed by atoms with van der Waals surface area (Å²) in [6.45, 7) is 0. The predicted molar refractivity (Wildman–Crippen MR) is 60.9 cm³/mol. The van der Waals surface area contributed by atoms with E-state index in [4.69, 9.17) is 0 Å². The number of benzene rings is 1. The molecule has 2 aromatic rings. The Morgan fingerprint density at radius 1 is 1.56 bits per heavy atom. The highest BCUT2D eigenvalue weighted by atomic mass is 79.9. The van der Waals surface area contributed by atoms with Gasteiger partial charge in [0.15, 0.2) is 7.05 Å². The monoisotopic (exact) mass is 284 g/mol. The van der Waals surface area contributed by atoms with Gasteiger partial charge in [-0.1, -0.05) is 0 Å². The summed E-state index contributed by atoms with van der Waals surface area (Å²) in [6, 6.07) is 1.33. The molecule has 0 unspecified atom stereocenters. The Kier molecular flexibility index (Phi) is 2.47. The highest BCUT2D eigenvalue weighted by Crippen LogP contribution is 2.35. The topological polar surface area (TPSA) is 86.1 Å². The van der Waals surface area contributed by atoms with Crippen LogP contribution in [0.15, 0.2) is 21.7 Å². The number of nitrogens with one attached hydrogen (secondary N) is 1. The number of aromatic nitrogens is 2. The molecule has 2 N–H and O–H groups in total. The van der Waals surface area contributed by atoms with Gasteiger partial charge >= 0.3 is 0 Å². The average Bonchev–Trinajstić information content (AvgIpc) is 2.19. The number of rotatable bonds is 1. The SMILES string of the molecule is C[N+](=O)c1c(Br)cc(O)c2nc[nH]c(=O)c12. The van der Waals surface area contributed by atoms with E-state index >= 15 is 0 Å². The van der Waals surface area contributed by atoms with E-state index in [0.29, 0.717) is 9.23 Å². The fourth-order valence-electron chi connectivity index (χ4n) is 1.50. The van der Waals surface area contributed by atoms with Crippen molar-refractivity contribution in [1.82, 2.24) is 9.97 Å². The minimum Gasteiger partial charge on any atom is -0.506 e. The first kappa shape index (κ1) is 10.7. The Hall–Kier alpha value is -1.76. The molecule has 1 aromatic heterocycles. The molecular formula is C9H7BrN3O3+. The lowest BCUT2D eigenvalue weighted by molar-refractivity contribution is -0.427. The van der Waals surface area contributed by atoms with Gasteiger partial charge < -0.3 is 10.1 Å². The van der Waals surface area contributed by atoms with Crippen molar-refractivity contribution in [2.75, 3.05) is 7.05 Å². The van der Waals surface area contributed by atoms with E-state index < -0.39 is 5.56 Å². The molecule has 82 valence electrons. The van der Waals surface area contributed by atoms with Gasteiger partial charge in [-0.15, -0.1) is 0 Å². The van der Waals surface area contributed by atoms with Gasteiger partial charge in [0, 0.05) is 15.7 Å². The lowest BCUT2D eigenvalue weighted by atomic mass is 10.2. The molecule has 7 heteroatoms. The Morgan fingerprint density at radius 3 is 2.88 bits per heavy atom. The number of phenols is 1. The number of aromatic hydroxyl groups is 1. The lowest BCUT2D eigenvalue weighted by Crippen LogP contribution is -2.09. The van der Waals surface area contributed by atoms with E-state index in [-0.39, 0.29) is 22.3 Å². The first-order valence-corrected chi connectivity index (χ1v) is 5.11. The van der Waals surface area contributed by atoms with Crippen LogP contribution in [0.1, 0.15) is 0 Å². The number of fused-ring (bicyclic) bond motifs is 1. The van der Waals surface area contributed by atoms with Crippen LogP contribution >= 0.6 is 15.9 Å². The largest absolute Gasteiger partial charge is 0.506 e. The van der Waals surface area contributed by atoms with E-state index in [1.54, 1.807) is 0 Å². The molecule has 0 atom stereocenters. The Labute approximate surface area is 97.6 Å². The van der Waals surface area contributed by atoms with E-state index in [9.17, 15) is 14.8 Å². The van der Waals surface area contributed by atoms with E-state index in [0.717, 1.165) is 0 Å². The predicted octanol–water partition coefficient (Wildman–Crippen LogP) is 1.43. The maximum absolute atomic E-state index is 11.6. The molecule has 2 rings (SSSR count). The number of aromatic amines is 1. The van der Waals surface area contributed by atoms with Crippen LogP contribution < -0.4 is 5.56 Å². The zero-order valence-electron chi connectivity index (χ0n) is 8.19. The smallest absolute Gasteiger partial charge is 0.284 e. The van der Waals surface area contributed by atoms with E-state index in [2.05, 4.69) is 25.9 Å². The summed E-state index contributed by atoms with van der Waals surface area (Å²) in [5.74, 6) is -0.154. The fraction of sp³-hybridized carbons (Fsp3) is 0.111. The molecule has 0 saturated heterocycles. The molecule has 0 bridgehead atoms. The molecule has 0 aliphatic rings. The second kappa shape index (κ2) is 3.67. The number of phenolic OH excluding ortho intramolecular Hbond substituents is 1. The van der Waals surface area contributed by atoms with Crippen molar-refractivity contribution in [2.24, 2.45) is 0 Å². The minimum absolute atomic E-state index is 0.0619. The Morgan fingerprint density at radius 2 is 2.25 bits per heavy atom. The molecule has 1 heterocycles. The maximum Gasteiger partial charge on any atom is 0.284 e. The molecule has 0 spiro atoms. The van der Waals surface area contributed by atoms with Crippen LogP contribution in [0, 0.1) is 4.91 Å². The highest BCUT2D eigenvalue weighted by Gasteiger charge is 2.23. The number of hydrogen-bond donors (Lipinski definition) is 2. The molecular weight excluding hydrogens is 278 g/mol. The third kappa shape index (κ3) is 1.49. The van der Waals surface area contributed by atoms with Crippen LogP contribution in [0.2, 0.25) is 0 Å². The molecule has 6 nitrogen and oxygen atoms in total. The first-order chi connectivity index (χ1) is 7.52. The zero-order valence-corrected chi connectivity index (χ0v) is 9.78. The van der Waals surface area contributed by atoms with Crippen LogP contribution in [0.5, 0.6) is 5.75 Å². The molecule has 0 radical (unpaired) electrons. The number of nitrogens with zero attached hydrogens (tertiary/aromatic N) is 2. The van der Waals surface area contributed by atoms with Crippen LogP contribution in [0.25, 0.3) is 10.9 Å². The number of hydrogen-bond acceptors (Lipinski definition) is 4. The van der Waals surface area contributed by atoms with Crippen molar-refractivity contribution < 1.29 is 9.87 Å². The molecule has 0 aliphatic heterocycles. The van der Waals surface area contributed by atoms with Gasteiger partial charge in [0.2, 0.25) is 0 Å². The average molecular weight is 285 g/mol. The van der Waals surface area contributed by atoms with E-state index in [1.807, 2.05) is 0 Å². The van der Waals surface area contributed by atoms with Crippen molar-refractivity contribution in [1.29, 1.82) is 0 Å². The normalized spacial score (nSPS) is 10.6. The lowest BCUT2D eigenvalue weighted by Gasteiger charge is -2.01. The standard InChI is InChI=1S/C9H6BrN3O3/c1-13(16)8-4(10)2-5(14)7-6(8)9(15)12-3-11-7/h2-3H,1H3,(H-,11,12,14,15,16)/p+1. The molecule has 1 aromatic carbocycles. The van der Waals surface area contributed by atoms with Crippen molar-refractivity contribution >= 4 is 32.5 Å². The van der Waals surface area contributed by atoms with Crippen LogP contribution in [-0.2, 0) is 0 Å². The maximum atomic E-state index is 11.6.